The number of rotatable bonds is 5. The summed E-state index contributed by atoms with van der Waals surface area (Å²) >= 11 is 0. The lowest BCUT2D eigenvalue weighted by Gasteiger charge is -2.25. The number of H-pyrrole nitrogens is 1. The minimum Gasteiger partial charge on any atom is -0.494 e. The molecule has 7 nitrogen and oxygen atoms in total. The molecule has 1 aliphatic carbocycles. The Bertz CT molecular complexity index is 690. The third-order valence-electron chi connectivity index (χ3n) is 4.41. The second-order valence-electron chi connectivity index (χ2n) is 6.19. The van der Waals surface area contributed by atoms with Gasteiger partial charge in [0.1, 0.15) is 5.56 Å². The molecule has 1 heterocycles. The number of hydrogen-bond acceptors (Lipinski definition) is 5. The van der Waals surface area contributed by atoms with Gasteiger partial charge in [-0.2, -0.15) is 0 Å². The van der Waals surface area contributed by atoms with Crippen LogP contribution in [0.15, 0.2) is 14.6 Å². The number of unbranched alkanes of at least 4 members (excludes halogenated alkanes) is 1. The van der Waals surface area contributed by atoms with Gasteiger partial charge < -0.3 is 10.8 Å². The van der Waals surface area contributed by atoms with Gasteiger partial charge in [-0.1, -0.05) is 26.2 Å². The van der Waals surface area contributed by atoms with Crippen LogP contribution in [0.2, 0.25) is 0 Å². The van der Waals surface area contributed by atoms with Gasteiger partial charge in [0.05, 0.1) is 11.8 Å². The number of nitrogens with zero attached hydrogens (tertiary/aromatic N) is 2. The largest absolute Gasteiger partial charge is 0.494 e. The van der Waals surface area contributed by atoms with E-state index in [1.54, 1.807) is 6.92 Å². The molecule has 0 radical (unpaired) electrons. The molecule has 0 aliphatic heterocycles. The maximum Gasteiger partial charge on any atom is 0.331 e. The molecular weight excluding hydrogens is 296 g/mol. The first kappa shape index (κ1) is 17.5. The molecule has 2 atom stereocenters. The Kier molecular flexibility index (Phi) is 5.76. The summed E-state index contributed by atoms with van der Waals surface area (Å²) in [7, 11) is 0. The summed E-state index contributed by atoms with van der Waals surface area (Å²) in [6.07, 6.45) is 5.58. The number of aliphatic imine (C=N–C) groups is 1. The minimum atomic E-state index is -0.606. The Balaban J connectivity index is 2.41. The number of aromatic amines is 1. The highest BCUT2D eigenvalue weighted by Crippen LogP contribution is 2.21. The van der Waals surface area contributed by atoms with Gasteiger partial charge in [0, 0.05) is 12.6 Å². The fourth-order valence-electron chi connectivity index (χ4n) is 3.02. The average Bonchev–Trinajstić information content (AvgIpc) is 2.49. The van der Waals surface area contributed by atoms with E-state index in [0.717, 1.165) is 38.5 Å². The topological polar surface area (TPSA) is 113 Å². The van der Waals surface area contributed by atoms with Crippen molar-refractivity contribution in [3.8, 4) is 5.88 Å². The van der Waals surface area contributed by atoms with Gasteiger partial charge >= 0.3 is 5.69 Å². The van der Waals surface area contributed by atoms with Crippen LogP contribution in [0.5, 0.6) is 5.88 Å². The van der Waals surface area contributed by atoms with Crippen LogP contribution < -0.4 is 17.0 Å². The molecule has 1 aromatic rings. The van der Waals surface area contributed by atoms with Gasteiger partial charge in [-0.3, -0.25) is 19.3 Å². The average molecular weight is 322 g/mol. The van der Waals surface area contributed by atoms with E-state index < -0.39 is 11.2 Å². The first-order valence-electron chi connectivity index (χ1n) is 8.32. The fourth-order valence-corrected chi connectivity index (χ4v) is 3.02. The zero-order valence-electron chi connectivity index (χ0n) is 13.8. The summed E-state index contributed by atoms with van der Waals surface area (Å²) in [6.45, 7) is 4.03. The van der Waals surface area contributed by atoms with E-state index in [4.69, 9.17) is 5.73 Å². The number of aromatic hydroxyl groups is 1. The summed E-state index contributed by atoms with van der Waals surface area (Å²) in [5.41, 5.74) is 5.39. The van der Waals surface area contributed by atoms with Gasteiger partial charge in [0.2, 0.25) is 5.88 Å². The van der Waals surface area contributed by atoms with E-state index in [9.17, 15) is 14.7 Å². The third-order valence-corrected chi connectivity index (χ3v) is 4.41. The first-order valence-corrected chi connectivity index (χ1v) is 8.32. The maximum atomic E-state index is 12.1. The summed E-state index contributed by atoms with van der Waals surface area (Å²) in [6, 6.07) is -0.0653. The molecule has 7 heteroatoms. The Labute approximate surface area is 135 Å². The van der Waals surface area contributed by atoms with E-state index in [0.29, 0.717) is 12.3 Å². The van der Waals surface area contributed by atoms with E-state index in [2.05, 4.69) is 9.98 Å². The van der Waals surface area contributed by atoms with Crippen LogP contribution in [0.4, 0.5) is 0 Å². The Morgan fingerprint density at radius 3 is 2.74 bits per heavy atom. The van der Waals surface area contributed by atoms with Gasteiger partial charge in [-0.05, 0) is 26.2 Å². The van der Waals surface area contributed by atoms with E-state index in [1.165, 1.54) is 4.57 Å². The van der Waals surface area contributed by atoms with Gasteiger partial charge in [-0.15, -0.1) is 0 Å². The molecular formula is C16H26N4O3. The van der Waals surface area contributed by atoms with Crippen molar-refractivity contribution in [3.63, 3.8) is 0 Å². The monoisotopic (exact) mass is 322 g/mol. The van der Waals surface area contributed by atoms with E-state index in [1.807, 2.05) is 6.92 Å². The lowest BCUT2D eigenvalue weighted by atomic mass is 9.91. The Hall–Kier alpha value is -1.89. The summed E-state index contributed by atoms with van der Waals surface area (Å²) in [5.74, 6) is -0.308. The zero-order chi connectivity index (χ0) is 17.0. The SMILES string of the molecule is CCCCn1c(O)c(C(C)=NC2CCCCC2N)c(=O)[nH]c1=O. The molecule has 0 spiro atoms. The van der Waals surface area contributed by atoms with Gasteiger partial charge in [-0.25, -0.2) is 4.79 Å². The van der Waals surface area contributed by atoms with Crippen molar-refractivity contribution in [2.75, 3.05) is 0 Å². The molecule has 0 aromatic carbocycles. The lowest BCUT2D eigenvalue weighted by molar-refractivity contribution is 0.384. The normalized spacial score (nSPS) is 22.3. The molecule has 23 heavy (non-hydrogen) atoms. The molecule has 4 N–H and O–H groups in total. The quantitative estimate of drug-likeness (QED) is 0.705. The number of nitrogens with two attached hydrogens (primary N) is 1. The van der Waals surface area contributed by atoms with E-state index in [-0.39, 0.29) is 23.5 Å². The van der Waals surface area contributed by atoms with Crippen LogP contribution in [-0.4, -0.2) is 32.5 Å². The molecule has 128 valence electrons. The van der Waals surface area contributed by atoms with Gasteiger partial charge in [0.15, 0.2) is 0 Å². The minimum absolute atomic E-state index is 0.0223. The number of aromatic nitrogens is 2. The number of nitrogens with one attached hydrogen (secondary N) is 1. The maximum absolute atomic E-state index is 12.1. The van der Waals surface area contributed by atoms with Crippen LogP contribution in [0, 0.1) is 0 Å². The lowest BCUT2D eigenvalue weighted by Crippen LogP contribution is -2.38. The van der Waals surface area contributed by atoms with Crippen LogP contribution >= 0.6 is 0 Å². The summed E-state index contributed by atoms with van der Waals surface area (Å²) in [4.78, 5) is 30.8. The standard InChI is InChI=1S/C16H26N4O3/c1-3-4-9-20-15(22)13(14(21)19-16(20)23)10(2)18-12-8-6-5-7-11(12)17/h11-12,22H,3-9,17H2,1-2H3,(H,19,21,23). The second-order valence-corrected chi connectivity index (χ2v) is 6.19. The predicted molar refractivity (Wildman–Crippen MR) is 90.3 cm³/mol. The smallest absolute Gasteiger partial charge is 0.331 e. The summed E-state index contributed by atoms with van der Waals surface area (Å²) < 4.78 is 1.19. The molecule has 1 fully saturated rings. The second kappa shape index (κ2) is 7.59. The zero-order valence-corrected chi connectivity index (χ0v) is 13.8. The van der Waals surface area contributed by atoms with Crippen LogP contribution in [0.25, 0.3) is 0 Å². The highest BCUT2D eigenvalue weighted by molar-refractivity contribution is 6.00. The van der Waals surface area contributed by atoms with E-state index >= 15 is 0 Å². The van der Waals surface area contributed by atoms with Crippen molar-refractivity contribution in [2.45, 2.75) is 71.0 Å². The first-order chi connectivity index (χ1) is 11.0. The summed E-state index contributed by atoms with van der Waals surface area (Å²) in [5, 5.41) is 10.4. The number of hydrogen-bond donors (Lipinski definition) is 3. The molecule has 0 bridgehead atoms. The van der Waals surface area contributed by atoms with Crippen molar-refractivity contribution < 1.29 is 5.11 Å². The molecule has 0 saturated heterocycles. The van der Waals surface area contributed by atoms with Crippen molar-refractivity contribution in [3.05, 3.63) is 26.4 Å². The highest BCUT2D eigenvalue weighted by atomic mass is 16.3. The molecule has 1 aromatic heterocycles. The van der Waals surface area contributed by atoms with Crippen LogP contribution in [-0.2, 0) is 6.54 Å². The third kappa shape index (κ3) is 3.90. The predicted octanol–water partition coefficient (Wildman–Crippen LogP) is 1.12. The molecule has 0 amide bonds. The fraction of sp³-hybridized carbons (Fsp3) is 0.688. The van der Waals surface area contributed by atoms with Crippen molar-refractivity contribution in [1.82, 2.24) is 9.55 Å². The molecule has 2 unspecified atom stereocenters. The van der Waals surface area contributed by atoms with Gasteiger partial charge in [0.25, 0.3) is 5.56 Å². The Morgan fingerprint density at radius 1 is 1.39 bits per heavy atom. The molecule has 1 aliphatic rings. The molecule has 1 saturated carbocycles. The highest BCUT2D eigenvalue weighted by Gasteiger charge is 2.23. The van der Waals surface area contributed by atoms with Crippen molar-refractivity contribution >= 4 is 5.71 Å². The van der Waals surface area contributed by atoms with Crippen LogP contribution in [0.1, 0.15) is 57.9 Å². The van der Waals surface area contributed by atoms with Crippen molar-refractivity contribution in [2.24, 2.45) is 10.7 Å². The molecule has 2 rings (SSSR count). The van der Waals surface area contributed by atoms with Crippen LogP contribution in [0.3, 0.4) is 0 Å². The Morgan fingerprint density at radius 2 is 2.09 bits per heavy atom. The van der Waals surface area contributed by atoms with Crippen molar-refractivity contribution in [1.29, 1.82) is 0 Å².